The molecule has 2 N–H and O–H groups in total. The highest BCUT2D eigenvalue weighted by molar-refractivity contribution is 7.98. The molecular weight excluding hydrogens is 434 g/mol. The number of hydrogen-bond donors (Lipinski definition) is 2. The van der Waals surface area contributed by atoms with Gasteiger partial charge in [-0.3, -0.25) is 9.59 Å². The number of H-pyrrole nitrogens is 1. The van der Waals surface area contributed by atoms with Gasteiger partial charge in [0, 0.05) is 28.7 Å². The topological polar surface area (TPSA) is 84.1 Å². The number of thioether (sulfide) groups is 1. The molecule has 1 aliphatic rings. The molecule has 1 aliphatic heterocycles. The zero-order valence-electron chi connectivity index (χ0n) is 17.1. The molecule has 2 aromatic carbocycles. The van der Waals surface area contributed by atoms with Crippen LogP contribution in [0.5, 0.6) is 5.75 Å². The number of halogens is 1. The van der Waals surface area contributed by atoms with Crippen molar-refractivity contribution in [2.24, 2.45) is 0 Å². The van der Waals surface area contributed by atoms with Crippen molar-refractivity contribution >= 4 is 35.1 Å². The zero-order chi connectivity index (χ0) is 22.0. The number of hydrogen-bond acceptors (Lipinski definition) is 5. The van der Waals surface area contributed by atoms with Crippen molar-refractivity contribution in [2.45, 2.75) is 43.2 Å². The van der Waals surface area contributed by atoms with Crippen LogP contribution in [-0.2, 0) is 10.5 Å². The highest BCUT2D eigenvalue weighted by Crippen LogP contribution is 2.39. The van der Waals surface area contributed by atoms with Gasteiger partial charge in [-0.25, -0.2) is 4.98 Å². The lowest BCUT2D eigenvalue weighted by Gasteiger charge is -2.26. The molecule has 2 heterocycles. The van der Waals surface area contributed by atoms with Gasteiger partial charge in [0.1, 0.15) is 11.6 Å². The van der Waals surface area contributed by atoms with Crippen LogP contribution in [0.25, 0.3) is 0 Å². The Bertz CT molecular complexity index is 1180. The molecule has 0 saturated carbocycles. The van der Waals surface area contributed by atoms with Crippen molar-refractivity contribution in [1.29, 1.82) is 0 Å². The second kappa shape index (κ2) is 9.16. The van der Waals surface area contributed by atoms with Crippen molar-refractivity contribution < 1.29 is 9.53 Å². The van der Waals surface area contributed by atoms with Crippen molar-refractivity contribution in [2.75, 3.05) is 5.32 Å². The van der Waals surface area contributed by atoms with E-state index in [2.05, 4.69) is 15.3 Å². The first-order valence-corrected chi connectivity index (χ1v) is 11.3. The Morgan fingerprint density at radius 1 is 1.16 bits per heavy atom. The molecule has 1 atom stereocenters. The maximum atomic E-state index is 13.1. The summed E-state index contributed by atoms with van der Waals surface area (Å²) in [5, 5.41) is 3.85. The molecule has 6 nitrogen and oxygen atoms in total. The summed E-state index contributed by atoms with van der Waals surface area (Å²) in [7, 11) is 0. The van der Waals surface area contributed by atoms with E-state index in [0.717, 1.165) is 11.1 Å². The largest absolute Gasteiger partial charge is 0.491 e. The van der Waals surface area contributed by atoms with Gasteiger partial charge in [-0.15, -0.1) is 0 Å². The first kappa shape index (κ1) is 21.5. The molecule has 160 valence electrons. The molecule has 0 saturated heterocycles. The van der Waals surface area contributed by atoms with Crippen LogP contribution in [-0.4, -0.2) is 22.0 Å². The number of para-hydroxylation sites is 1. The number of aromatic amines is 1. The molecule has 0 radical (unpaired) electrons. The summed E-state index contributed by atoms with van der Waals surface area (Å²) < 4.78 is 5.93. The standard InChI is InChI=1S/C23H22ClN3O3S/c1-13(2)30-18-10-6-4-8-15(18)16-11-19(28)25-21-20(16)22(29)27-23(26-21)31-12-14-7-3-5-9-17(14)24/h3-10,13,16H,11-12H2,1-2H3,(H2,25,26,27,28,29). The predicted octanol–water partition coefficient (Wildman–Crippen LogP) is 4.98. The normalized spacial score (nSPS) is 15.5. The van der Waals surface area contributed by atoms with Gasteiger partial charge in [-0.1, -0.05) is 59.8 Å². The minimum Gasteiger partial charge on any atom is -0.491 e. The summed E-state index contributed by atoms with van der Waals surface area (Å²) in [6, 6.07) is 15.0. The summed E-state index contributed by atoms with van der Waals surface area (Å²) in [4.78, 5) is 32.9. The maximum Gasteiger partial charge on any atom is 0.257 e. The Morgan fingerprint density at radius 2 is 1.90 bits per heavy atom. The molecule has 1 amide bonds. The minimum atomic E-state index is -0.433. The van der Waals surface area contributed by atoms with Crippen LogP contribution in [0.15, 0.2) is 58.5 Å². The Morgan fingerprint density at radius 3 is 2.68 bits per heavy atom. The zero-order valence-corrected chi connectivity index (χ0v) is 18.7. The van der Waals surface area contributed by atoms with E-state index in [9.17, 15) is 9.59 Å². The van der Waals surface area contributed by atoms with Crippen LogP contribution in [0.2, 0.25) is 5.02 Å². The lowest BCUT2D eigenvalue weighted by Crippen LogP contribution is -2.31. The number of ether oxygens (including phenoxy) is 1. The summed E-state index contributed by atoms with van der Waals surface area (Å²) in [5.41, 5.74) is 1.92. The number of nitrogens with one attached hydrogen (secondary N) is 2. The number of aromatic nitrogens is 2. The molecular formula is C23H22ClN3O3S. The van der Waals surface area contributed by atoms with Gasteiger partial charge in [0.25, 0.3) is 5.56 Å². The predicted molar refractivity (Wildman–Crippen MR) is 123 cm³/mol. The molecule has 4 rings (SSSR count). The Hall–Kier alpha value is -2.77. The van der Waals surface area contributed by atoms with Gasteiger partial charge in [-0.2, -0.15) is 0 Å². The second-order valence-electron chi connectivity index (χ2n) is 7.52. The number of nitrogens with zero attached hydrogens (tertiary/aromatic N) is 1. The van der Waals surface area contributed by atoms with Crippen molar-refractivity contribution in [3.63, 3.8) is 0 Å². The number of rotatable bonds is 6. The third-order valence-corrected chi connectivity index (χ3v) is 6.20. The van der Waals surface area contributed by atoms with Gasteiger partial charge in [-0.05, 0) is 31.5 Å². The number of carbonyl (C=O) groups is 1. The quantitative estimate of drug-likeness (QED) is 0.404. The van der Waals surface area contributed by atoms with Crippen LogP contribution in [0.4, 0.5) is 5.82 Å². The van der Waals surface area contributed by atoms with Gasteiger partial charge < -0.3 is 15.0 Å². The van der Waals surface area contributed by atoms with Gasteiger partial charge >= 0.3 is 0 Å². The molecule has 8 heteroatoms. The third-order valence-electron chi connectivity index (χ3n) is 4.91. The van der Waals surface area contributed by atoms with E-state index < -0.39 is 5.92 Å². The smallest absolute Gasteiger partial charge is 0.257 e. The first-order valence-electron chi connectivity index (χ1n) is 9.98. The number of carbonyl (C=O) groups excluding carboxylic acids is 1. The van der Waals surface area contributed by atoms with Crippen LogP contribution < -0.4 is 15.6 Å². The molecule has 0 spiro atoms. The summed E-state index contributed by atoms with van der Waals surface area (Å²) in [6.07, 6.45) is 0.126. The SMILES string of the molecule is CC(C)Oc1ccccc1C1CC(=O)Nc2nc(SCc3ccccc3Cl)[nH]c(=O)c21. The molecule has 1 aromatic heterocycles. The van der Waals surface area contributed by atoms with E-state index >= 15 is 0 Å². The van der Waals surface area contributed by atoms with E-state index in [4.69, 9.17) is 16.3 Å². The van der Waals surface area contributed by atoms with E-state index in [-0.39, 0.29) is 24.0 Å². The van der Waals surface area contributed by atoms with Crippen LogP contribution >= 0.6 is 23.4 Å². The number of benzene rings is 2. The van der Waals surface area contributed by atoms with Crippen molar-refractivity contribution in [3.05, 3.63) is 80.6 Å². The van der Waals surface area contributed by atoms with E-state index in [1.807, 2.05) is 62.4 Å². The minimum absolute atomic E-state index is 0.0296. The molecule has 0 fully saturated rings. The highest BCUT2D eigenvalue weighted by Gasteiger charge is 2.32. The van der Waals surface area contributed by atoms with E-state index in [1.165, 1.54) is 11.8 Å². The van der Waals surface area contributed by atoms with E-state index in [1.54, 1.807) is 0 Å². The van der Waals surface area contributed by atoms with Crippen molar-refractivity contribution in [1.82, 2.24) is 9.97 Å². The fourth-order valence-electron chi connectivity index (χ4n) is 3.58. The summed E-state index contributed by atoms with van der Waals surface area (Å²) in [6.45, 7) is 3.88. The molecule has 1 unspecified atom stereocenters. The number of anilines is 1. The number of amides is 1. The average Bonchev–Trinajstić information content (AvgIpc) is 2.72. The summed E-state index contributed by atoms with van der Waals surface area (Å²) in [5.74, 6) is 0.893. The fourth-order valence-corrected chi connectivity index (χ4v) is 4.72. The average molecular weight is 456 g/mol. The van der Waals surface area contributed by atoms with Gasteiger partial charge in [0.05, 0.1) is 11.7 Å². The monoisotopic (exact) mass is 455 g/mol. The lowest BCUT2D eigenvalue weighted by molar-refractivity contribution is -0.116. The Balaban J connectivity index is 1.68. The molecule has 0 bridgehead atoms. The Labute approximate surface area is 189 Å². The van der Waals surface area contributed by atoms with E-state index in [0.29, 0.717) is 33.1 Å². The summed E-state index contributed by atoms with van der Waals surface area (Å²) >= 11 is 7.58. The first-order chi connectivity index (χ1) is 14.9. The molecule has 31 heavy (non-hydrogen) atoms. The number of fused-ring (bicyclic) bond motifs is 1. The molecule has 0 aliphatic carbocycles. The fraction of sp³-hybridized carbons (Fsp3) is 0.261. The van der Waals surface area contributed by atoms with Crippen LogP contribution in [0, 0.1) is 0 Å². The second-order valence-corrected chi connectivity index (χ2v) is 8.89. The lowest BCUT2D eigenvalue weighted by atomic mass is 9.86. The molecule has 3 aromatic rings. The van der Waals surface area contributed by atoms with Crippen LogP contribution in [0.1, 0.15) is 42.9 Å². The maximum absolute atomic E-state index is 13.1. The van der Waals surface area contributed by atoms with Gasteiger partial charge in [0.15, 0.2) is 5.16 Å². The van der Waals surface area contributed by atoms with Gasteiger partial charge in [0.2, 0.25) is 5.91 Å². The Kier molecular flexibility index (Phi) is 6.34. The van der Waals surface area contributed by atoms with Crippen LogP contribution in [0.3, 0.4) is 0 Å². The third kappa shape index (κ3) is 4.78. The highest BCUT2D eigenvalue weighted by atomic mass is 35.5. The van der Waals surface area contributed by atoms with Crippen molar-refractivity contribution in [3.8, 4) is 5.75 Å².